The van der Waals surface area contributed by atoms with E-state index in [-0.39, 0.29) is 31.9 Å². The topological polar surface area (TPSA) is 132 Å². The summed E-state index contributed by atoms with van der Waals surface area (Å²) in [6, 6.07) is 8.98. The van der Waals surface area contributed by atoms with Crippen LogP contribution in [0.5, 0.6) is 0 Å². The molecule has 4 rings (SSSR count). The van der Waals surface area contributed by atoms with Crippen molar-refractivity contribution in [3.8, 4) is 0 Å². The molecule has 2 amide bonds. The minimum Gasteiger partial charge on any atom is -0.366 e. The lowest BCUT2D eigenvalue weighted by Crippen LogP contribution is -2.16. The van der Waals surface area contributed by atoms with Crippen molar-refractivity contribution < 1.29 is 18.0 Å². The molecule has 0 unspecified atom stereocenters. The van der Waals surface area contributed by atoms with E-state index in [0.29, 0.717) is 15.9 Å². The maximum atomic E-state index is 12.8. The van der Waals surface area contributed by atoms with Crippen LogP contribution in [0.25, 0.3) is 10.2 Å². The fourth-order valence-electron chi connectivity index (χ4n) is 2.97. The third-order valence-electron chi connectivity index (χ3n) is 4.45. The molecule has 8 nitrogen and oxygen atoms in total. The standard InChI is InChI=1S/C20H15ClN4O4S3/c1-10-23-11(8-30-10)9-32(28,29)12-5-6-15-16(7-12)31-20(24-15)25-19(27)14-4-2-3-13(17(14)21)18(22)26/h2-8H,9H2,1H3,(H2,22,26)(H,24,25,27). The third-order valence-corrected chi connectivity index (χ3v) is 8.26. The first-order valence-corrected chi connectivity index (χ1v) is 12.8. The monoisotopic (exact) mass is 506 g/mol. The molecule has 0 radical (unpaired) electrons. The number of carbonyl (C=O) groups is 2. The zero-order valence-electron chi connectivity index (χ0n) is 16.5. The second-order valence-electron chi connectivity index (χ2n) is 6.75. The molecule has 0 aliphatic heterocycles. The molecular formula is C20H15ClN4O4S3. The van der Waals surface area contributed by atoms with Crippen molar-refractivity contribution in [3.05, 3.63) is 68.6 Å². The highest BCUT2D eigenvalue weighted by molar-refractivity contribution is 7.90. The molecular weight excluding hydrogens is 492 g/mol. The summed E-state index contributed by atoms with van der Waals surface area (Å²) in [5.74, 6) is -1.50. The Bertz CT molecular complexity index is 1480. The molecule has 0 aliphatic carbocycles. The number of rotatable bonds is 6. The number of carbonyl (C=O) groups excluding carboxylic acids is 2. The zero-order chi connectivity index (χ0) is 23.0. The Hall–Kier alpha value is -2.86. The van der Waals surface area contributed by atoms with Crippen molar-refractivity contribution >= 4 is 71.3 Å². The van der Waals surface area contributed by atoms with Crippen molar-refractivity contribution in [3.63, 3.8) is 0 Å². The minimum atomic E-state index is -3.59. The van der Waals surface area contributed by atoms with Gasteiger partial charge in [-0.2, -0.15) is 0 Å². The number of halogens is 1. The number of nitrogens with one attached hydrogen (secondary N) is 1. The van der Waals surface area contributed by atoms with Gasteiger partial charge in [0, 0.05) is 5.38 Å². The second kappa shape index (κ2) is 8.58. The number of aromatic nitrogens is 2. The number of aryl methyl sites for hydroxylation is 1. The lowest BCUT2D eigenvalue weighted by atomic mass is 10.1. The molecule has 2 aromatic heterocycles. The van der Waals surface area contributed by atoms with Crippen molar-refractivity contribution in [2.24, 2.45) is 5.73 Å². The van der Waals surface area contributed by atoms with Gasteiger partial charge in [-0.15, -0.1) is 11.3 Å². The van der Waals surface area contributed by atoms with Crippen LogP contribution in [0.3, 0.4) is 0 Å². The predicted octanol–water partition coefficient (Wildman–Crippen LogP) is 4.04. The maximum Gasteiger partial charge on any atom is 0.258 e. The number of hydrogen-bond acceptors (Lipinski definition) is 8. The first-order chi connectivity index (χ1) is 15.1. The zero-order valence-corrected chi connectivity index (χ0v) is 19.7. The Kier molecular flexibility index (Phi) is 5.99. The fourth-order valence-corrected chi connectivity index (χ4v) is 6.24. The molecule has 164 valence electrons. The molecule has 0 saturated heterocycles. The highest BCUT2D eigenvalue weighted by atomic mass is 35.5. The van der Waals surface area contributed by atoms with E-state index in [1.54, 1.807) is 11.4 Å². The largest absolute Gasteiger partial charge is 0.366 e. The number of primary amides is 1. The molecule has 0 fully saturated rings. The Morgan fingerprint density at radius 2 is 1.91 bits per heavy atom. The summed E-state index contributed by atoms with van der Waals surface area (Å²) in [4.78, 5) is 32.8. The SMILES string of the molecule is Cc1nc(CS(=O)(=O)c2ccc3nc(NC(=O)c4cccc(C(N)=O)c4Cl)sc3c2)cs1. The minimum absolute atomic E-state index is 0.0359. The van der Waals surface area contributed by atoms with Crippen molar-refractivity contribution in [1.29, 1.82) is 0 Å². The van der Waals surface area contributed by atoms with Gasteiger partial charge in [-0.3, -0.25) is 14.9 Å². The van der Waals surface area contributed by atoms with E-state index >= 15 is 0 Å². The van der Waals surface area contributed by atoms with E-state index in [1.807, 2.05) is 6.92 Å². The summed E-state index contributed by atoms with van der Waals surface area (Å²) in [5, 5.41) is 5.36. The first-order valence-electron chi connectivity index (χ1n) is 9.08. The summed E-state index contributed by atoms with van der Waals surface area (Å²) in [7, 11) is -3.59. The molecule has 12 heteroatoms. The van der Waals surface area contributed by atoms with E-state index in [1.165, 1.54) is 41.7 Å². The van der Waals surface area contributed by atoms with Crippen LogP contribution in [0.1, 0.15) is 31.4 Å². The van der Waals surface area contributed by atoms with Crippen molar-refractivity contribution in [1.82, 2.24) is 9.97 Å². The summed E-state index contributed by atoms with van der Waals surface area (Å²) >= 11 is 8.65. The summed E-state index contributed by atoms with van der Waals surface area (Å²) in [6.45, 7) is 1.82. The first kappa shape index (κ1) is 22.3. The number of sulfone groups is 1. The molecule has 32 heavy (non-hydrogen) atoms. The number of nitrogens with zero attached hydrogens (tertiary/aromatic N) is 2. The van der Waals surface area contributed by atoms with Crippen molar-refractivity contribution in [2.45, 2.75) is 17.6 Å². The van der Waals surface area contributed by atoms with Crippen LogP contribution in [0.15, 0.2) is 46.7 Å². The van der Waals surface area contributed by atoms with Crippen LogP contribution in [0.2, 0.25) is 5.02 Å². The van der Waals surface area contributed by atoms with Crippen molar-refractivity contribution in [2.75, 3.05) is 5.32 Å². The predicted molar refractivity (Wildman–Crippen MR) is 125 cm³/mol. The van der Waals surface area contributed by atoms with Gasteiger partial charge in [0.25, 0.3) is 5.91 Å². The Morgan fingerprint density at radius 1 is 1.16 bits per heavy atom. The van der Waals surface area contributed by atoms with Crippen LogP contribution in [-0.4, -0.2) is 30.2 Å². The van der Waals surface area contributed by atoms with Crippen LogP contribution >= 0.6 is 34.3 Å². The van der Waals surface area contributed by atoms with E-state index < -0.39 is 21.7 Å². The summed E-state index contributed by atoms with van der Waals surface area (Å²) in [6.07, 6.45) is 0. The Labute approximate surface area is 196 Å². The molecule has 0 spiro atoms. The van der Waals surface area contributed by atoms with Gasteiger partial charge in [-0.25, -0.2) is 18.4 Å². The van der Waals surface area contributed by atoms with Gasteiger partial charge in [-0.05, 0) is 37.3 Å². The molecule has 4 aromatic rings. The van der Waals surface area contributed by atoms with Gasteiger partial charge in [0.05, 0.1) is 47.7 Å². The Balaban J connectivity index is 1.59. The highest BCUT2D eigenvalue weighted by Gasteiger charge is 2.20. The van der Waals surface area contributed by atoms with Crippen LogP contribution in [0.4, 0.5) is 5.13 Å². The van der Waals surface area contributed by atoms with Crippen LogP contribution in [0, 0.1) is 6.92 Å². The maximum absolute atomic E-state index is 12.8. The van der Waals surface area contributed by atoms with Crippen LogP contribution < -0.4 is 11.1 Å². The number of anilines is 1. The number of fused-ring (bicyclic) bond motifs is 1. The van der Waals surface area contributed by atoms with Gasteiger partial charge in [0.15, 0.2) is 15.0 Å². The number of amides is 2. The smallest absolute Gasteiger partial charge is 0.258 e. The average molecular weight is 507 g/mol. The molecule has 2 aromatic carbocycles. The Morgan fingerprint density at radius 3 is 2.59 bits per heavy atom. The average Bonchev–Trinajstić information content (AvgIpc) is 3.31. The molecule has 0 atom stereocenters. The second-order valence-corrected chi connectivity index (χ2v) is 11.2. The molecule has 0 saturated carbocycles. The number of nitrogens with two attached hydrogens (primary N) is 1. The van der Waals surface area contributed by atoms with E-state index in [4.69, 9.17) is 17.3 Å². The lowest BCUT2D eigenvalue weighted by Gasteiger charge is -2.06. The molecule has 0 bridgehead atoms. The van der Waals surface area contributed by atoms with Gasteiger partial charge in [0.2, 0.25) is 5.91 Å². The van der Waals surface area contributed by atoms with E-state index in [0.717, 1.165) is 16.3 Å². The summed E-state index contributed by atoms with van der Waals surface area (Å²) < 4.78 is 26.1. The van der Waals surface area contributed by atoms with E-state index in [2.05, 4.69) is 15.3 Å². The van der Waals surface area contributed by atoms with E-state index in [9.17, 15) is 18.0 Å². The number of thiazole rings is 2. The normalized spacial score (nSPS) is 11.6. The molecule has 3 N–H and O–H groups in total. The van der Waals surface area contributed by atoms with Gasteiger partial charge in [-0.1, -0.05) is 29.0 Å². The molecule has 2 heterocycles. The number of benzene rings is 2. The quantitative estimate of drug-likeness (QED) is 0.405. The van der Waals surface area contributed by atoms with Gasteiger partial charge >= 0.3 is 0 Å². The molecule has 0 aliphatic rings. The van der Waals surface area contributed by atoms with Crippen LogP contribution in [-0.2, 0) is 15.6 Å². The lowest BCUT2D eigenvalue weighted by molar-refractivity contribution is 0.100. The highest BCUT2D eigenvalue weighted by Crippen LogP contribution is 2.30. The van der Waals surface area contributed by atoms with Gasteiger partial charge < -0.3 is 5.73 Å². The fraction of sp³-hybridized carbons (Fsp3) is 0.100. The number of hydrogen-bond donors (Lipinski definition) is 2. The van der Waals surface area contributed by atoms with Gasteiger partial charge in [0.1, 0.15) is 0 Å². The summed E-state index contributed by atoms with van der Waals surface area (Å²) in [5.41, 5.74) is 6.41. The third kappa shape index (κ3) is 4.51.